The second-order valence-electron chi connectivity index (χ2n) is 5.24. The van der Waals surface area contributed by atoms with E-state index in [9.17, 15) is 14.7 Å². The van der Waals surface area contributed by atoms with Gasteiger partial charge in [0.05, 0.1) is 20.5 Å². The predicted molar refractivity (Wildman–Crippen MR) is 80.1 cm³/mol. The molecule has 0 bridgehead atoms. The monoisotopic (exact) mass is 350 g/mol. The number of aromatic nitrogens is 1. The molecule has 0 radical (unpaired) electrons. The Hall–Kier alpha value is -1.04. The number of halogens is 3. The van der Waals surface area contributed by atoms with Crippen molar-refractivity contribution in [3.05, 3.63) is 27.0 Å². The molecule has 1 amide bonds. The number of carbonyl (C=O) groups excluding carboxylic acids is 1. The Bertz CT molecular complexity index is 599. The molecule has 1 aliphatic rings. The molecule has 0 atom stereocenters. The molecule has 0 unspecified atom stereocenters. The van der Waals surface area contributed by atoms with E-state index in [0.717, 1.165) is 0 Å². The van der Waals surface area contributed by atoms with Crippen molar-refractivity contribution in [2.45, 2.75) is 19.8 Å². The number of carboxylic acid groups (broad SMARTS) is 1. The van der Waals surface area contributed by atoms with Gasteiger partial charge in [0.2, 0.25) is 0 Å². The van der Waals surface area contributed by atoms with Crippen LogP contribution >= 0.6 is 34.8 Å². The van der Waals surface area contributed by atoms with Gasteiger partial charge >= 0.3 is 5.97 Å². The van der Waals surface area contributed by atoms with Crippen molar-refractivity contribution in [1.29, 1.82) is 0 Å². The summed E-state index contributed by atoms with van der Waals surface area (Å²) in [5, 5.41) is 9.46. The van der Waals surface area contributed by atoms with E-state index in [1.165, 1.54) is 11.1 Å². The maximum atomic E-state index is 12.4. The van der Waals surface area contributed by atoms with E-state index < -0.39 is 11.4 Å². The number of pyridine rings is 1. The third-order valence-corrected chi connectivity index (χ3v) is 5.03. The first-order valence-electron chi connectivity index (χ1n) is 6.28. The van der Waals surface area contributed by atoms with Gasteiger partial charge in [-0.15, -0.1) is 0 Å². The standard InChI is InChI=1S/C13H13Cl3N2O3/c1-13(12(20)21)2-4-18(5-3-13)11(19)10-9(16)8(15)7(14)6-17-10/h6H,2-5H2,1H3,(H,20,21). The molecule has 1 aliphatic heterocycles. The lowest BCUT2D eigenvalue weighted by molar-refractivity contribution is -0.150. The molecule has 0 spiro atoms. The van der Waals surface area contributed by atoms with Crippen molar-refractivity contribution in [3.63, 3.8) is 0 Å². The van der Waals surface area contributed by atoms with Crippen LogP contribution in [-0.4, -0.2) is 40.0 Å². The Morgan fingerprint density at radius 2 is 1.81 bits per heavy atom. The van der Waals surface area contributed by atoms with Crippen LogP contribution in [0.3, 0.4) is 0 Å². The molecule has 0 saturated carbocycles. The number of rotatable bonds is 2. The molecule has 8 heteroatoms. The van der Waals surface area contributed by atoms with Gasteiger partial charge in [0.15, 0.2) is 0 Å². The predicted octanol–water partition coefficient (Wildman–Crippen LogP) is 3.37. The van der Waals surface area contributed by atoms with Crippen LogP contribution in [0.25, 0.3) is 0 Å². The van der Waals surface area contributed by atoms with Gasteiger partial charge in [0.1, 0.15) is 5.69 Å². The van der Waals surface area contributed by atoms with Gasteiger partial charge in [0.25, 0.3) is 5.91 Å². The molecule has 1 N–H and O–H groups in total. The summed E-state index contributed by atoms with van der Waals surface area (Å²) in [6.07, 6.45) is 2.04. The fraction of sp³-hybridized carbons (Fsp3) is 0.462. The van der Waals surface area contributed by atoms with E-state index in [1.54, 1.807) is 6.92 Å². The van der Waals surface area contributed by atoms with Gasteiger partial charge in [-0.2, -0.15) is 0 Å². The SMILES string of the molecule is CC1(C(=O)O)CCN(C(=O)c2ncc(Cl)c(Cl)c2Cl)CC1. The summed E-state index contributed by atoms with van der Waals surface area (Å²) in [4.78, 5) is 29.0. The van der Waals surface area contributed by atoms with Crippen molar-refractivity contribution in [3.8, 4) is 0 Å². The summed E-state index contributed by atoms with van der Waals surface area (Å²) in [5.41, 5.74) is -0.768. The normalized spacial score (nSPS) is 17.6. The molecule has 114 valence electrons. The molecule has 1 fully saturated rings. The van der Waals surface area contributed by atoms with E-state index in [4.69, 9.17) is 34.8 Å². The van der Waals surface area contributed by atoms with Crippen LogP contribution in [-0.2, 0) is 4.79 Å². The third-order valence-electron chi connectivity index (χ3n) is 3.79. The summed E-state index contributed by atoms with van der Waals surface area (Å²) in [5.74, 6) is -1.22. The van der Waals surface area contributed by atoms with Crippen molar-refractivity contribution >= 4 is 46.7 Å². The summed E-state index contributed by atoms with van der Waals surface area (Å²) in [7, 11) is 0. The van der Waals surface area contributed by atoms with Crippen molar-refractivity contribution in [1.82, 2.24) is 9.88 Å². The van der Waals surface area contributed by atoms with Crippen LogP contribution in [0.2, 0.25) is 15.1 Å². The first-order chi connectivity index (χ1) is 9.76. The summed E-state index contributed by atoms with van der Waals surface area (Å²) in [6, 6.07) is 0. The van der Waals surface area contributed by atoms with Crippen LogP contribution in [0, 0.1) is 5.41 Å². The van der Waals surface area contributed by atoms with E-state index >= 15 is 0 Å². The minimum absolute atomic E-state index is 0.0146. The van der Waals surface area contributed by atoms with Gasteiger partial charge in [-0.25, -0.2) is 4.98 Å². The molecule has 1 aromatic heterocycles. The highest BCUT2D eigenvalue weighted by Crippen LogP contribution is 2.34. The van der Waals surface area contributed by atoms with E-state index in [2.05, 4.69) is 4.98 Å². The average molecular weight is 352 g/mol. The second-order valence-corrected chi connectivity index (χ2v) is 6.40. The number of aliphatic carboxylic acids is 1. The molecule has 5 nitrogen and oxygen atoms in total. The van der Waals surface area contributed by atoms with E-state index in [0.29, 0.717) is 25.9 Å². The minimum atomic E-state index is -0.847. The Kier molecular flexibility index (Phi) is 4.66. The van der Waals surface area contributed by atoms with Gasteiger partial charge in [0, 0.05) is 19.3 Å². The Morgan fingerprint density at radius 1 is 1.24 bits per heavy atom. The lowest BCUT2D eigenvalue weighted by Gasteiger charge is -2.36. The van der Waals surface area contributed by atoms with Crippen LogP contribution < -0.4 is 0 Å². The Morgan fingerprint density at radius 3 is 2.33 bits per heavy atom. The molecule has 2 heterocycles. The van der Waals surface area contributed by atoms with E-state index in [-0.39, 0.29) is 26.7 Å². The number of piperidine rings is 1. The van der Waals surface area contributed by atoms with Gasteiger partial charge in [-0.05, 0) is 19.8 Å². The summed E-state index contributed by atoms with van der Waals surface area (Å²) in [6.45, 7) is 2.35. The zero-order valence-electron chi connectivity index (χ0n) is 11.2. The number of carboxylic acids is 1. The van der Waals surface area contributed by atoms with E-state index in [1.807, 2.05) is 0 Å². The lowest BCUT2D eigenvalue weighted by Crippen LogP contribution is -2.45. The molecule has 21 heavy (non-hydrogen) atoms. The maximum Gasteiger partial charge on any atom is 0.309 e. The van der Waals surface area contributed by atoms with Crippen molar-refractivity contribution in [2.24, 2.45) is 5.41 Å². The quantitative estimate of drug-likeness (QED) is 0.887. The van der Waals surface area contributed by atoms with Gasteiger partial charge in [-0.1, -0.05) is 34.8 Å². The number of hydrogen-bond donors (Lipinski definition) is 1. The third kappa shape index (κ3) is 3.10. The number of carbonyl (C=O) groups is 2. The molecule has 0 aliphatic carbocycles. The number of hydrogen-bond acceptors (Lipinski definition) is 3. The highest BCUT2D eigenvalue weighted by atomic mass is 35.5. The zero-order valence-corrected chi connectivity index (χ0v) is 13.5. The fourth-order valence-corrected chi connectivity index (χ4v) is 2.72. The number of likely N-dealkylation sites (tertiary alicyclic amines) is 1. The first kappa shape index (κ1) is 16.3. The van der Waals surface area contributed by atoms with Crippen molar-refractivity contribution in [2.75, 3.05) is 13.1 Å². The molecule has 1 aromatic rings. The Balaban J connectivity index is 2.17. The lowest BCUT2D eigenvalue weighted by atomic mass is 9.80. The van der Waals surface area contributed by atoms with Crippen LogP contribution in [0.4, 0.5) is 0 Å². The molecule has 1 saturated heterocycles. The number of amides is 1. The van der Waals surface area contributed by atoms with Gasteiger partial charge < -0.3 is 10.0 Å². The number of nitrogens with zero attached hydrogens (tertiary/aromatic N) is 2. The largest absolute Gasteiger partial charge is 0.481 e. The summed E-state index contributed by atoms with van der Waals surface area (Å²) >= 11 is 17.7. The second kappa shape index (κ2) is 5.99. The molecular formula is C13H13Cl3N2O3. The topological polar surface area (TPSA) is 70.5 Å². The van der Waals surface area contributed by atoms with Crippen LogP contribution in [0.5, 0.6) is 0 Å². The highest BCUT2D eigenvalue weighted by Gasteiger charge is 2.38. The molecule has 0 aromatic carbocycles. The smallest absolute Gasteiger partial charge is 0.309 e. The average Bonchev–Trinajstić information content (AvgIpc) is 2.45. The molecule has 2 rings (SSSR count). The zero-order chi connectivity index (χ0) is 15.8. The highest BCUT2D eigenvalue weighted by molar-refractivity contribution is 6.48. The van der Waals surface area contributed by atoms with Crippen molar-refractivity contribution < 1.29 is 14.7 Å². The summed E-state index contributed by atoms with van der Waals surface area (Å²) < 4.78 is 0. The van der Waals surface area contributed by atoms with Crippen LogP contribution in [0.1, 0.15) is 30.3 Å². The maximum absolute atomic E-state index is 12.4. The molecular weight excluding hydrogens is 339 g/mol. The van der Waals surface area contributed by atoms with Gasteiger partial charge in [-0.3, -0.25) is 9.59 Å². The minimum Gasteiger partial charge on any atom is -0.481 e. The van der Waals surface area contributed by atoms with Crippen LogP contribution in [0.15, 0.2) is 6.20 Å². The first-order valence-corrected chi connectivity index (χ1v) is 7.42. The fourth-order valence-electron chi connectivity index (χ4n) is 2.16. The Labute approximate surface area is 136 Å².